The molecule has 4 unspecified atom stereocenters. The van der Waals surface area contributed by atoms with Crippen LogP contribution in [0.5, 0.6) is 5.75 Å². The van der Waals surface area contributed by atoms with Gasteiger partial charge in [0.2, 0.25) is 0 Å². The molecule has 3 saturated carbocycles. The molecule has 0 N–H and O–H groups in total. The summed E-state index contributed by atoms with van der Waals surface area (Å²) in [5.74, 6) is 2.84. The highest BCUT2D eigenvalue weighted by Gasteiger charge is 2.37. The number of ether oxygens (including phenoxy) is 1. The Hall–Kier alpha value is -1.26. The fourth-order valence-electron chi connectivity index (χ4n) is 6.93. The maximum atomic E-state index is 14.2. The van der Waals surface area contributed by atoms with E-state index in [0.29, 0.717) is 5.92 Å². The van der Waals surface area contributed by atoms with E-state index in [1.54, 1.807) is 6.07 Å². The summed E-state index contributed by atoms with van der Waals surface area (Å²) in [4.78, 5) is 0. The lowest BCUT2D eigenvalue weighted by Crippen LogP contribution is -2.30. The van der Waals surface area contributed by atoms with Crippen LogP contribution >= 0.6 is 0 Å². The molecule has 180 valence electrons. The SMILES string of the molecule is CCC1CCC(CCC2CCC3CC(c4ccc(OC(F)(F)F)c(F)c4)CCC3C2)CC1. The minimum absolute atomic E-state index is 0.246. The molecule has 0 aliphatic heterocycles. The largest absolute Gasteiger partial charge is 0.573 e. The van der Waals surface area contributed by atoms with E-state index in [0.717, 1.165) is 54.6 Å². The number of halogens is 4. The second-order valence-electron chi connectivity index (χ2n) is 10.8. The normalized spacial score (nSPS) is 33.5. The van der Waals surface area contributed by atoms with Gasteiger partial charge in [0, 0.05) is 0 Å². The van der Waals surface area contributed by atoms with E-state index in [1.807, 2.05) is 0 Å². The Labute approximate surface area is 190 Å². The lowest BCUT2D eigenvalue weighted by molar-refractivity contribution is -0.275. The van der Waals surface area contributed by atoms with Crippen molar-refractivity contribution in [3.8, 4) is 5.75 Å². The molecule has 1 nitrogen and oxygen atoms in total. The highest BCUT2D eigenvalue weighted by molar-refractivity contribution is 5.32. The van der Waals surface area contributed by atoms with E-state index in [9.17, 15) is 17.6 Å². The number of fused-ring (bicyclic) bond motifs is 1. The second-order valence-corrected chi connectivity index (χ2v) is 10.8. The number of hydrogen-bond acceptors (Lipinski definition) is 1. The van der Waals surface area contributed by atoms with E-state index in [4.69, 9.17) is 0 Å². The van der Waals surface area contributed by atoms with Crippen molar-refractivity contribution < 1.29 is 22.3 Å². The van der Waals surface area contributed by atoms with Gasteiger partial charge in [-0.05, 0) is 85.3 Å². The topological polar surface area (TPSA) is 9.23 Å². The third-order valence-corrected chi connectivity index (χ3v) is 8.90. The van der Waals surface area contributed by atoms with E-state index in [1.165, 1.54) is 70.3 Å². The Bertz CT molecular complexity index is 738. The van der Waals surface area contributed by atoms with Gasteiger partial charge in [-0.1, -0.05) is 64.4 Å². The van der Waals surface area contributed by atoms with Crippen molar-refractivity contribution in [2.45, 2.75) is 103 Å². The van der Waals surface area contributed by atoms with Gasteiger partial charge in [0.25, 0.3) is 0 Å². The zero-order valence-corrected chi connectivity index (χ0v) is 19.3. The molecule has 4 atom stereocenters. The minimum Gasteiger partial charge on any atom is -0.403 e. The van der Waals surface area contributed by atoms with Crippen LogP contribution in [0.3, 0.4) is 0 Å². The van der Waals surface area contributed by atoms with Gasteiger partial charge in [0.15, 0.2) is 11.6 Å². The molecule has 0 bridgehead atoms. The summed E-state index contributed by atoms with van der Waals surface area (Å²) < 4.78 is 55.1. The van der Waals surface area contributed by atoms with Crippen LogP contribution in [0.25, 0.3) is 0 Å². The Morgan fingerprint density at radius 2 is 1.44 bits per heavy atom. The molecule has 0 saturated heterocycles. The molecule has 0 aromatic heterocycles. The highest BCUT2D eigenvalue weighted by atomic mass is 19.4. The molecule has 32 heavy (non-hydrogen) atoms. The summed E-state index contributed by atoms with van der Waals surface area (Å²) >= 11 is 0. The maximum absolute atomic E-state index is 14.2. The Morgan fingerprint density at radius 1 is 0.812 bits per heavy atom. The molecular formula is C27H38F4O. The smallest absolute Gasteiger partial charge is 0.403 e. The van der Waals surface area contributed by atoms with Gasteiger partial charge in [-0.3, -0.25) is 0 Å². The van der Waals surface area contributed by atoms with Gasteiger partial charge in [-0.25, -0.2) is 4.39 Å². The Morgan fingerprint density at radius 3 is 2.12 bits per heavy atom. The monoisotopic (exact) mass is 454 g/mol. The summed E-state index contributed by atoms with van der Waals surface area (Å²) in [6.07, 6.45) is 12.1. The average Bonchev–Trinajstić information content (AvgIpc) is 2.78. The first-order valence-corrected chi connectivity index (χ1v) is 12.9. The number of alkyl halides is 3. The number of rotatable bonds is 6. The van der Waals surface area contributed by atoms with Crippen LogP contribution in [0.2, 0.25) is 0 Å². The van der Waals surface area contributed by atoms with Crippen LogP contribution < -0.4 is 4.74 Å². The first-order valence-electron chi connectivity index (χ1n) is 12.9. The van der Waals surface area contributed by atoms with Crippen molar-refractivity contribution in [3.05, 3.63) is 29.6 Å². The van der Waals surface area contributed by atoms with Crippen molar-refractivity contribution in [1.29, 1.82) is 0 Å². The first-order chi connectivity index (χ1) is 15.3. The summed E-state index contributed by atoms with van der Waals surface area (Å²) in [6.45, 7) is 2.33. The zero-order valence-electron chi connectivity index (χ0n) is 19.3. The molecule has 1 aromatic carbocycles. The first kappa shape index (κ1) is 23.9. The predicted octanol–water partition coefficient (Wildman–Crippen LogP) is 9.02. The molecule has 0 heterocycles. The van der Waals surface area contributed by atoms with Gasteiger partial charge < -0.3 is 4.74 Å². The molecule has 0 radical (unpaired) electrons. The lowest BCUT2D eigenvalue weighted by atomic mass is 9.63. The van der Waals surface area contributed by atoms with Gasteiger partial charge >= 0.3 is 6.36 Å². The van der Waals surface area contributed by atoms with E-state index in [2.05, 4.69) is 11.7 Å². The molecular weight excluding hydrogens is 416 g/mol. The van der Waals surface area contributed by atoms with Crippen molar-refractivity contribution in [1.82, 2.24) is 0 Å². The van der Waals surface area contributed by atoms with E-state index < -0.39 is 17.9 Å². The number of benzene rings is 1. The predicted molar refractivity (Wildman–Crippen MR) is 119 cm³/mol. The Balaban J connectivity index is 1.24. The third kappa shape index (κ3) is 6.20. The summed E-state index contributed by atoms with van der Waals surface area (Å²) in [6, 6.07) is 4.01. The van der Waals surface area contributed by atoms with Crippen molar-refractivity contribution in [2.24, 2.45) is 29.6 Å². The van der Waals surface area contributed by atoms with Crippen LogP contribution in [0, 0.1) is 35.4 Å². The minimum atomic E-state index is -4.87. The van der Waals surface area contributed by atoms with E-state index >= 15 is 0 Å². The van der Waals surface area contributed by atoms with Crippen LogP contribution in [0.1, 0.15) is 102 Å². The van der Waals surface area contributed by atoms with Crippen molar-refractivity contribution in [3.63, 3.8) is 0 Å². The summed E-state index contributed by atoms with van der Waals surface area (Å²) in [7, 11) is 0. The highest BCUT2D eigenvalue weighted by Crippen LogP contribution is 2.49. The van der Waals surface area contributed by atoms with E-state index in [-0.39, 0.29) is 5.92 Å². The lowest BCUT2D eigenvalue weighted by Gasteiger charge is -2.43. The standard InChI is InChI=1S/C27H38F4O/c1-2-18-3-5-19(6-4-18)7-8-20-9-10-22-16-23(12-11-21(22)15-20)24-13-14-26(25(28)17-24)32-27(29,30)31/h13-14,17-23H,2-12,15-16H2,1H3. The average molecular weight is 455 g/mol. The molecule has 3 aliphatic carbocycles. The quantitative estimate of drug-likeness (QED) is 0.390. The van der Waals surface area contributed by atoms with Gasteiger partial charge in [0.05, 0.1) is 0 Å². The molecule has 4 rings (SSSR count). The van der Waals surface area contributed by atoms with Crippen LogP contribution in [-0.2, 0) is 0 Å². The molecule has 0 amide bonds. The summed E-state index contributed by atoms with van der Waals surface area (Å²) in [5.41, 5.74) is 0.820. The third-order valence-electron chi connectivity index (χ3n) is 8.90. The fraction of sp³-hybridized carbons (Fsp3) is 0.778. The molecule has 5 heteroatoms. The van der Waals surface area contributed by atoms with Gasteiger partial charge in [0.1, 0.15) is 0 Å². The van der Waals surface area contributed by atoms with Crippen LogP contribution in [0.15, 0.2) is 18.2 Å². The zero-order chi connectivity index (χ0) is 22.7. The van der Waals surface area contributed by atoms with Crippen molar-refractivity contribution in [2.75, 3.05) is 0 Å². The molecule has 3 aliphatic rings. The number of hydrogen-bond donors (Lipinski definition) is 0. The summed E-state index contributed by atoms with van der Waals surface area (Å²) in [5, 5.41) is 0. The second kappa shape index (κ2) is 10.3. The van der Waals surface area contributed by atoms with Crippen LogP contribution in [-0.4, -0.2) is 6.36 Å². The molecule has 0 spiro atoms. The van der Waals surface area contributed by atoms with Crippen LogP contribution in [0.4, 0.5) is 17.6 Å². The molecule has 3 fully saturated rings. The van der Waals surface area contributed by atoms with Crippen molar-refractivity contribution >= 4 is 0 Å². The fourth-order valence-corrected chi connectivity index (χ4v) is 6.93. The van der Waals surface area contributed by atoms with Gasteiger partial charge in [-0.2, -0.15) is 0 Å². The van der Waals surface area contributed by atoms with Gasteiger partial charge in [-0.15, -0.1) is 13.2 Å². The Kier molecular flexibility index (Phi) is 7.72. The molecule has 1 aromatic rings. The maximum Gasteiger partial charge on any atom is 0.573 e.